The maximum Gasteiger partial charge on any atom is 0.252 e. The second kappa shape index (κ2) is 7.48. The highest BCUT2D eigenvalue weighted by atomic mass is 35.5. The Morgan fingerprint density at radius 1 is 1.47 bits per heavy atom. The molecule has 0 radical (unpaired) electrons. The lowest BCUT2D eigenvalue weighted by Crippen LogP contribution is -2.48. The minimum Gasteiger partial charge on any atom is -0.352 e. The Balaban J connectivity index is 0.00000128. The van der Waals surface area contributed by atoms with Gasteiger partial charge in [0, 0.05) is 37.9 Å². The Hall–Kier alpha value is -0.840. The van der Waals surface area contributed by atoms with E-state index in [0.29, 0.717) is 11.5 Å². The van der Waals surface area contributed by atoms with Gasteiger partial charge in [0.05, 0.1) is 5.56 Å². The first-order valence-electron chi connectivity index (χ1n) is 5.16. The van der Waals surface area contributed by atoms with Gasteiger partial charge >= 0.3 is 0 Å². The van der Waals surface area contributed by atoms with Gasteiger partial charge in [-0.05, 0) is 18.6 Å². The van der Waals surface area contributed by atoms with Crippen LogP contribution in [0.5, 0.6) is 0 Å². The number of aromatic nitrogens is 1. The van der Waals surface area contributed by atoms with Crippen molar-refractivity contribution in [2.45, 2.75) is 6.92 Å². The van der Waals surface area contributed by atoms with Crippen LogP contribution in [0.3, 0.4) is 0 Å². The first kappa shape index (κ1) is 16.2. The summed E-state index contributed by atoms with van der Waals surface area (Å²) in [6.45, 7) is 4.69. The van der Waals surface area contributed by atoms with E-state index in [2.05, 4.69) is 15.6 Å². The third-order valence-corrected chi connectivity index (χ3v) is 2.55. The Kier molecular flexibility index (Phi) is 7.11. The fourth-order valence-corrected chi connectivity index (χ4v) is 1.51. The van der Waals surface area contributed by atoms with E-state index in [9.17, 15) is 4.79 Å². The molecule has 2 rings (SSSR count). The lowest BCUT2D eigenvalue weighted by molar-refractivity contribution is 0.0942. The number of rotatable bonds is 3. The van der Waals surface area contributed by atoms with Gasteiger partial charge < -0.3 is 10.6 Å². The van der Waals surface area contributed by atoms with Crippen molar-refractivity contribution < 1.29 is 4.79 Å². The number of nitrogens with zero attached hydrogens (tertiary/aromatic N) is 1. The zero-order chi connectivity index (χ0) is 10.7. The molecule has 2 N–H and O–H groups in total. The first-order chi connectivity index (χ1) is 7.25. The van der Waals surface area contributed by atoms with Gasteiger partial charge in [-0.1, -0.05) is 0 Å². The highest BCUT2D eigenvalue weighted by Crippen LogP contribution is 2.03. The van der Waals surface area contributed by atoms with Crippen LogP contribution in [0.2, 0.25) is 0 Å². The molecule has 2 heterocycles. The molecule has 0 aliphatic carbocycles. The van der Waals surface area contributed by atoms with Crippen LogP contribution in [0.4, 0.5) is 0 Å². The number of carbonyl (C=O) groups excluding carboxylic acids is 1. The first-order valence-corrected chi connectivity index (χ1v) is 5.16. The Labute approximate surface area is 113 Å². The van der Waals surface area contributed by atoms with Gasteiger partial charge in [0.25, 0.3) is 5.91 Å². The summed E-state index contributed by atoms with van der Waals surface area (Å²) >= 11 is 0. The molecule has 17 heavy (non-hydrogen) atoms. The fraction of sp³-hybridized carbons (Fsp3) is 0.455. The van der Waals surface area contributed by atoms with Crippen LogP contribution >= 0.6 is 24.8 Å². The van der Waals surface area contributed by atoms with Crippen LogP contribution in [0.25, 0.3) is 0 Å². The van der Waals surface area contributed by atoms with Crippen LogP contribution in [0, 0.1) is 12.8 Å². The highest BCUT2D eigenvalue weighted by Gasteiger charge is 2.17. The number of hydrogen-bond donors (Lipinski definition) is 2. The Bertz CT molecular complexity index is 369. The quantitative estimate of drug-likeness (QED) is 0.873. The van der Waals surface area contributed by atoms with Crippen molar-refractivity contribution in [1.82, 2.24) is 15.6 Å². The van der Waals surface area contributed by atoms with E-state index >= 15 is 0 Å². The molecule has 1 aromatic heterocycles. The number of hydrogen-bond acceptors (Lipinski definition) is 3. The van der Waals surface area contributed by atoms with E-state index < -0.39 is 0 Å². The number of nitrogens with one attached hydrogen (secondary N) is 2. The number of pyridine rings is 1. The van der Waals surface area contributed by atoms with Crippen LogP contribution in [0.1, 0.15) is 15.9 Å². The monoisotopic (exact) mass is 277 g/mol. The van der Waals surface area contributed by atoms with Gasteiger partial charge in [0.15, 0.2) is 0 Å². The van der Waals surface area contributed by atoms with Crippen molar-refractivity contribution in [2.24, 2.45) is 5.92 Å². The zero-order valence-electron chi connectivity index (χ0n) is 9.60. The van der Waals surface area contributed by atoms with Gasteiger partial charge in [-0.3, -0.25) is 9.78 Å². The molecule has 0 unspecified atom stereocenters. The molecule has 4 nitrogen and oxygen atoms in total. The van der Waals surface area contributed by atoms with Crippen LogP contribution < -0.4 is 10.6 Å². The number of amides is 1. The molecule has 96 valence electrons. The molecule has 0 saturated carbocycles. The summed E-state index contributed by atoms with van der Waals surface area (Å²) in [6, 6.07) is 1.85. The van der Waals surface area contributed by atoms with Crippen molar-refractivity contribution in [3.63, 3.8) is 0 Å². The molecule has 1 aliphatic rings. The molecule has 1 saturated heterocycles. The minimum absolute atomic E-state index is 0. The third-order valence-electron chi connectivity index (χ3n) is 2.55. The molecule has 0 spiro atoms. The van der Waals surface area contributed by atoms with Gasteiger partial charge in [0.1, 0.15) is 0 Å². The standard InChI is InChI=1S/C11H15N3O.2ClH/c1-8-2-10(7-12-3-8)11(15)14-6-9-4-13-5-9;;/h2-3,7,9,13H,4-6H2,1H3,(H,14,15);2*1H. The summed E-state index contributed by atoms with van der Waals surface area (Å²) in [5, 5.41) is 6.08. The van der Waals surface area contributed by atoms with Crippen molar-refractivity contribution in [3.05, 3.63) is 29.6 Å². The molecule has 1 fully saturated rings. The van der Waals surface area contributed by atoms with Crippen LogP contribution in [-0.2, 0) is 0 Å². The molecule has 0 aromatic carbocycles. The summed E-state index contributed by atoms with van der Waals surface area (Å²) in [4.78, 5) is 15.7. The maximum atomic E-state index is 11.7. The average molecular weight is 278 g/mol. The molecule has 0 bridgehead atoms. The van der Waals surface area contributed by atoms with Gasteiger partial charge in [-0.25, -0.2) is 0 Å². The molecule has 6 heteroatoms. The predicted molar refractivity (Wildman–Crippen MR) is 72.2 cm³/mol. The lowest BCUT2D eigenvalue weighted by atomic mass is 10.0. The molecular weight excluding hydrogens is 261 g/mol. The second-order valence-electron chi connectivity index (χ2n) is 3.99. The lowest BCUT2D eigenvalue weighted by Gasteiger charge is -2.27. The largest absolute Gasteiger partial charge is 0.352 e. The normalized spacial score (nSPS) is 13.9. The second-order valence-corrected chi connectivity index (χ2v) is 3.99. The molecule has 1 amide bonds. The van der Waals surface area contributed by atoms with Crippen LogP contribution in [-0.4, -0.2) is 30.5 Å². The summed E-state index contributed by atoms with van der Waals surface area (Å²) in [6.07, 6.45) is 3.34. The Morgan fingerprint density at radius 3 is 2.71 bits per heavy atom. The third kappa shape index (κ3) is 4.50. The summed E-state index contributed by atoms with van der Waals surface area (Å²) in [5.74, 6) is 0.560. The van der Waals surface area contributed by atoms with E-state index in [-0.39, 0.29) is 30.7 Å². The summed E-state index contributed by atoms with van der Waals surface area (Å²) in [5.41, 5.74) is 1.65. The summed E-state index contributed by atoms with van der Waals surface area (Å²) in [7, 11) is 0. The molecule has 1 aliphatic heterocycles. The number of carbonyl (C=O) groups is 1. The minimum atomic E-state index is -0.0295. The van der Waals surface area contributed by atoms with Crippen molar-refractivity contribution in [1.29, 1.82) is 0 Å². The van der Waals surface area contributed by atoms with Crippen molar-refractivity contribution >= 4 is 30.7 Å². The van der Waals surface area contributed by atoms with Gasteiger partial charge in [-0.2, -0.15) is 0 Å². The zero-order valence-corrected chi connectivity index (χ0v) is 11.2. The van der Waals surface area contributed by atoms with Gasteiger partial charge in [-0.15, -0.1) is 24.8 Å². The smallest absolute Gasteiger partial charge is 0.252 e. The average Bonchev–Trinajstić information content (AvgIpc) is 2.15. The molecule has 0 atom stereocenters. The SMILES string of the molecule is Cc1cncc(C(=O)NCC2CNC2)c1.Cl.Cl. The van der Waals surface area contributed by atoms with E-state index in [1.54, 1.807) is 12.4 Å². The predicted octanol–water partition coefficient (Wildman–Crippen LogP) is 1.18. The number of aryl methyl sites for hydroxylation is 1. The maximum absolute atomic E-state index is 11.7. The molecular formula is C11H17Cl2N3O. The fourth-order valence-electron chi connectivity index (χ4n) is 1.51. The highest BCUT2D eigenvalue weighted by molar-refractivity contribution is 5.93. The number of halogens is 2. The van der Waals surface area contributed by atoms with Crippen molar-refractivity contribution in [2.75, 3.05) is 19.6 Å². The van der Waals surface area contributed by atoms with Crippen molar-refractivity contribution in [3.8, 4) is 0 Å². The summed E-state index contributed by atoms with van der Waals surface area (Å²) < 4.78 is 0. The molecule has 1 aromatic rings. The van der Waals surface area contributed by atoms with E-state index in [1.165, 1.54) is 0 Å². The van der Waals surface area contributed by atoms with E-state index in [0.717, 1.165) is 25.2 Å². The Morgan fingerprint density at radius 2 is 2.18 bits per heavy atom. The van der Waals surface area contributed by atoms with Crippen LogP contribution in [0.15, 0.2) is 18.5 Å². The van der Waals surface area contributed by atoms with E-state index in [1.807, 2.05) is 13.0 Å². The van der Waals surface area contributed by atoms with E-state index in [4.69, 9.17) is 0 Å². The topological polar surface area (TPSA) is 54.0 Å². The van der Waals surface area contributed by atoms with Gasteiger partial charge in [0.2, 0.25) is 0 Å².